The molecule has 0 saturated heterocycles. The number of hydrogen-bond donors (Lipinski definition) is 2. The molecule has 5 nitrogen and oxygen atoms in total. The lowest BCUT2D eigenvalue weighted by Crippen LogP contribution is -2.45. The SMILES string of the molecule is CN=C(NCCCOCCOC)NCC1(c2c(F)cccc2F)CCCC1. The molecule has 27 heavy (non-hydrogen) atoms. The number of ether oxygens (including phenoxy) is 2. The third-order valence-electron chi connectivity index (χ3n) is 5.06. The van der Waals surface area contributed by atoms with Gasteiger partial charge in [-0.15, -0.1) is 0 Å². The summed E-state index contributed by atoms with van der Waals surface area (Å²) in [4.78, 5) is 4.21. The van der Waals surface area contributed by atoms with E-state index in [-0.39, 0.29) is 5.56 Å². The predicted molar refractivity (Wildman–Crippen MR) is 103 cm³/mol. The number of aliphatic imine (C=N–C) groups is 1. The van der Waals surface area contributed by atoms with Crippen LogP contribution in [-0.2, 0) is 14.9 Å². The molecule has 1 aromatic rings. The van der Waals surface area contributed by atoms with Gasteiger partial charge in [0.15, 0.2) is 5.96 Å². The maximum absolute atomic E-state index is 14.4. The molecule has 0 unspecified atom stereocenters. The van der Waals surface area contributed by atoms with Gasteiger partial charge in [-0.3, -0.25) is 4.99 Å². The molecule has 2 rings (SSSR count). The topological polar surface area (TPSA) is 54.9 Å². The maximum atomic E-state index is 14.4. The number of halogens is 2. The first-order valence-electron chi connectivity index (χ1n) is 9.58. The van der Waals surface area contributed by atoms with Gasteiger partial charge in [0.1, 0.15) is 11.6 Å². The highest BCUT2D eigenvalue weighted by Crippen LogP contribution is 2.42. The Bertz CT molecular complexity index is 585. The fraction of sp³-hybridized carbons (Fsp3) is 0.650. The molecule has 0 spiro atoms. The van der Waals surface area contributed by atoms with Crippen molar-refractivity contribution in [3.05, 3.63) is 35.4 Å². The average molecular weight is 383 g/mol. The van der Waals surface area contributed by atoms with E-state index in [2.05, 4.69) is 15.6 Å². The number of guanidine groups is 1. The summed E-state index contributed by atoms with van der Waals surface area (Å²) in [7, 11) is 3.33. The minimum atomic E-state index is -0.531. The van der Waals surface area contributed by atoms with Crippen molar-refractivity contribution in [2.75, 3.05) is 47.1 Å². The Balaban J connectivity index is 1.88. The average Bonchev–Trinajstić information content (AvgIpc) is 3.13. The van der Waals surface area contributed by atoms with Crippen LogP contribution in [0.4, 0.5) is 8.78 Å². The van der Waals surface area contributed by atoms with Crippen LogP contribution < -0.4 is 10.6 Å². The second-order valence-corrected chi connectivity index (χ2v) is 6.90. The van der Waals surface area contributed by atoms with Crippen molar-refractivity contribution < 1.29 is 18.3 Å². The van der Waals surface area contributed by atoms with Crippen LogP contribution in [0.1, 0.15) is 37.7 Å². The standard InChI is InChI=1S/C20H31F2N3O2/c1-23-19(24-11-6-12-27-14-13-26-2)25-15-20(9-3-4-10-20)18-16(21)7-5-8-17(18)22/h5,7-8H,3-4,6,9-15H2,1-2H3,(H2,23,24,25). The van der Waals surface area contributed by atoms with E-state index in [1.54, 1.807) is 14.2 Å². The molecular formula is C20H31F2N3O2. The van der Waals surface area contributed by atoms with E-state index in [4.69, 9.17) is 9.47 Å². The lowest BCUT2D eigenvalue weighted by atomic mass is 9.78. The summed E-state index contributed by atoms with van der Waals surface area (Å²) >= 11 is 0. The van der Waals surface area contributed by atoms with Crippen LogP contribution in [0.3, 0.4) is 0 Å². The second kappa shape index (κ2) is 11.2. The summed E-state index contributed by atoms with van der Waals surface area (Å²) < 4.78 is 39.1. The van der Waals surface area contributed by atoms with Crippen LogP contribution in [-0.4, -0.2) is 53.0 Å². The maximum Gasteiger partial charge on any atom is 0.191 e. The van der Waals surface area contributed by atoms with Gasteiger partial charge >= 0.3 is 0 Å². The van der Waals surface area contributed by atoms with E-state index in [0.29, 0.717) is 38.9 Å². The molecule has 0 heterocycles. The molecule has 2 N–H and O–H groups in total. The van der Waals surface area contributed by atoms with Crippen molar-refractivity contribution in [2.45, 2.75) is 37.5 Å². The van der Waals surface area contributed by atoms with E-state index in [0.717, 1.165) is 32.1 Å². The first-order valence-corrected chi connectivity index (χ1v) is 9.58. The monoisotopic (exact) mass is 383 g/mol. The van der Waals surface area contributed by atoms with Gasteiger partial charge in [-0.1, -0.05) is 18.9 Å². The Morgan fingerprint density at radius 3 is 2.44 bits per heavy atom. The molecule has 0 amide bonds. The van der Waals surface area contributed by atoms with E-state index < -0.39 is 17.0 Å². The Kier molecular flexibility index (Phi) is 8.94. The second-order valence-electron chi connectivity index (χ2n) is 6.90. The zero-order valence-electron chi connectivity index (χ0n) is 16.3. The first kappa shape index (κ1) is 21.6. The third-order valence-corrected chi connectivity index (χ3v) is 5.06. The molecule has 1 fully saturated rings. The fourth-order valence-corrected chi connectivity index (χ4v) is 3.67. The molecule has 0 bridgehead atoms. The van der Waals surface area contributed by atoms with Gasteiger partial charge in [-0.2, -0.15) is 0 Å². The van der Waals surface area contributed by atoms with Gasteiger partial charge in [0.2, 0.25) is 0 Å². The molecule has 0 aromatic heterocycles. The zero-order valence-corrected chi connectivity index (χ0v) is 16.3. The summed E-state index contributed by atoms with van der Waals surface area (Å²) in [5.41, 5.74) is -0.326. The Labute approximate surface area is 160 Å². The fourth-order valence-electron chi connectivity index (χ4n) is 3.67. The van der Waals surface area contributed by atoms with Gasteiger partial charge in [0.25, 0.3) is 0 Å². The van der Waals surface area contributed by atoms with Crippen LogP contribution in [0, 0.1) is 11.6 Å². The van der Waals surface area contributed by atoms with E-state index in [9.17, 15) is 8.78 Å². The van der Waals surface area contributed by atoms with Crippen molar-refractivity contribution in [3.8, 4) is 0 Å². The molecular weight excluding hydrogens is 352 g/mol. The first-order chi connectivity index (χ1) is 13.1. The minimum absolute atomic E-state index is 0.206. The van der Waals surface area contributed by atoms with Gasteiger partial charge in [0.05, 0.1) is 13.2 Å². The lowest BCUT2D eigenvalue weighted by molar-refractivity contribution is 0.0698. The number of methoxy groups -OCH3 is 1. The number of rotatable bonds is 10. The summed E-state index contributed by atoms with van der Waals surface area (Å²) in [6, 6.07) is 4.10. The van der Waals surface area contributed by atoms with Crippen LogP contribution in [0.25, 0.3) is 0 Å². The predicted octanol–water partition coefficient (Wildman–Crippen LogP) is 2.99. The zero-order chi connectivity index (χ0) is 19.5. The Hall–Kier alpha value is -1.73. The number of benzene rings is 1. The molecule has 152 valence electrons. The Morgan fingerprint density at radius 2 is 1.81 bits per heavy atom. The van der Waals surface area contributed by atoms with Crippen LogP contribution >= 0.6 is 0 Å². The molecule has 0 atom stereocenters. The lowest BCUT2D eigenvalue weighted by Gasteiger charge is -2.31. The van der Waals surface area contributed by atoms with Crippen LogP contribution in [0.2, 0.25) is 0 Å². The molecule has 1 aromatic carbocycles. The molecule has 1 aliphatic rings. The summed E-state index contributed by atoms with van der Waals surface area (Å²) in [5, 5.41) is 6.48. The van der Waals surface area contributed by atoms with Crippen molar-refractivity contribution in [1.82, 2.24) is 10.6 Å². The third kappa shape index (κ3) is 6.14. The summed E-state index contributed by atoms with van der Waals surface area (Å²) in [6.45, 7) is 2.96. The number of nitrogens with zero attached hydrogens (tertiary/aromatic N) is 1. The van der Waals surface area contributed by atoms with Gasteiger partial charge < -0.3 is 20.1 Å². The highest BCUT2D eigenvalue weighted by molar-refractivity contribution is 5.79. The van der Waals surface area contributed by atoms with Gasteiger partial charge in [0, 0.05) is 44.8 Å². The van der Waals surface area contributed by atoms with Crippen LogP contribution in [0.5, 0.6) is 0 Å². The quantitative estimate of drug-likeness (QED) is 0.371. The van der Waals surface area contributed by atoms with E-state index in [1.165, 1.54) is 18.2 Å². The minimum Gasteiger partial charge on any atom is -0.382 e. The summed E-state index contributed by atoms with van der Waals surface area (Å²) in [5.74, 6) is -0.292. The number of hydrogen-bond acceptors (Lipinski definition) is 3. The highest BCUT2D eigenvalue weighted by Gasteiger charge is 2.39. The molecule has 1 saturated carbocycles. The number of nitrogens with one attached hydrogen (secondary N) is 2. The molecule has 7 heteroatoms. The Morgan fingerprint density at radius 1 is 1.11 bits per heavy atom. The molecule has 0 aliphatic heterocycles. The normalized spacial score (nSPS) is 16.5. The van der Waals surface area contributed by atoms with Crippen molar-refractivity contribution >= 4 is 5.96 Å². The van der Waals surface area contributed by atoms with Gasteiger partial charge in [-0.25, -0.2) is 8.78 Å². The van der Waals surface area contributed by atoms with Crippen molar-refractivity contribution in [3.63, 3.8) is 0 Å². The summed E-state index contributed by atoms with van der Waals surface area (Å²) in [6.07, 6.45) is 4.31. The highest BCUT2D eigenvalue weighted by atomic mass is 19.1. The molecule has 0 radical (unpaired) electrons. The van der Waals surface area contributed by atoms with E-state index >= 15 is 0 Å². The van der Waals surface area contributed by atoms with Crippen molar-refractivity contribution in [1.29, 1.82) is 0 Å². The van der Waals surface area contributed by atoms with Gasteiger partial charge in [-0.05, 0) is 31.4 Å². The van der Waals surface area contributed by atoms with Crippen LogP contribution in [0.15, 0.2) is 23.2 Å². The smallest absolute Gasteiger partial charge is 0.191 e. The largest absolute Gasteiger partial charge is 0.382 e. The molecule has 1 aliphatic carbocycles. The van der Waals surface area contributed by atoms with Crippen molar-refractivity contribution in [2.24, 2.45) is 4.99 Å². The van der Waals surface area contributed by atoms with E-state index in [1.807, 2.05) is 0 Å².